The smallest absolute Gasteiger partial charge is 0.253 e. The van der Waals surface area contributed by atoms with Gasteiger partial charge in [-0.2, -0.15) is 0 Å². The number of carbonyl (C=O) groups is 3. The van der Waals surface area contributed by atoms with Crippen LogP contribution in [0.2, 0.25) is 0 Å². The summed E-state index contributed by atoms with van der Waals surface area (Å²) in [6.45, 7) is 4.28. The summed E-state index contributed by atoms with van der Waals surface area (Å²) in [7, 11) is 0. The number of hydrogen-bond donors (Lipinski definition) is 1. The molecule has 2 heterocycles. The first-order valence-electron chi connectivity index (χ1n) is 9.66. The van der Waals surface area contributed by atoms with Crippen LogP contribution in [0.1, 0.15) is 28.1 Å². The predicted molar refractivity (Wildman–Crippen MR) is 109 cm³/mol. The van der Waals surface area contributed by atoms with Gasteiger partial charge in [0, 0.05) is 50.8 Å². The molecule has 1 N–H and O–H groups in total. The molecule has 1 fully saturated rings. The molecular formula is C22H25N3O4. The van der Waals surface area contributed by atoms with Gasteiger partial charge in [0.15, 0.2) is 0 Å². The summed E-state index contributed by atoms with van der Waals surface area (Å²) in [6, 6.07) is 11.0. The van der Waals surface area contributed by atoms with Crippen molar-refractivity contribution in [3.8, 4) is 0 Å². The monoisotopic (exact) mass is 395 g/mol. The molecule has 1 aromatic carbocycles. The first-order chi connectivity index (χ1) is 14.0. The number of hydrogen-bond acceptors (Lipinski definition) is 4. The van der Waals surface area contributed by atoms with Crippen molar-refractivity contribution in [3.63, 3.8) is 0 Å². The minimum atomic E-state index is -0.275. The molecule has 1 aliphatic rings. The van der Waals surface area contributed by atoms with Crippen LogP contribution < -0.4 is 5.32 Å². The molecule has 7 nitrogen and oxygen atoms in total. The summed E-state index contributed by atoms with van der Waals surface area (Å²) < 4.78 is 5.11. The van der Waals surface area contributed by atoms with Crippen molar-refractivity contribution in [2.75, 3.05) is 32.7 Å². The maximum atomic E-state index is 12.5. The van der Waals surface area contributed by atoms with Gasteiger partial charge >= 0.3 is 0 Å². The van der Waals surface area contributed by atoms with Crippen LogP contribution in [0.15, 0.2) is 53.2 Å². The van der Waals surface area contributed by atoms with Gasteiger partial charge in [0.25, 0.3) is 5.91 Å². The normalized spacial score (nSPS) is 14.2. The first kappa shape index (κ1) is 20.4. The van der Waals surface area contributed by atoms with Crippen molar-refractivity contribution in [1.82, 2.24) is 15.1 Å². The van der Waals surface area contributed by atoms with E-state index in [2.05, 4.69) is 5.32 Å². The Bertz CT molecular complexity index is 864. The maximum Gasteiger partial charge on any atom is 0.253 e. The Balaban J connectivity index is 1.38. The van der Waals surface area contributed by atoms with Crippen LogP contribution in [0.3, 0.4) is 0 Å². The summed E-state index contributed by atoms with van der Waals surface area (Å²) in [4.78, 5) is 40.2. The Hall–Kier alpha value is -3.35. The third-order valence-corrected chi connectivity index (χ3v) is 4.80. The Morgan fingerprint density at radius 3 is 2.38 bits per heavy atom. The second-order valence-electron chi connectivity index (χ2n) is 6.93. The topological polar surface area (TPSA) is 82.9 Å². The van der Waals surface area contributed by atoms with E-state index in [1.54, 1.807) is 28.0 Å². The largest absolute Gasteiger partial charge is 0.465 e. The predicted octanol–water partition coefficient (Wildman–Crippen LogP) is 2.09. The highest BCUT2D eigenvalue weighted by Crippen LogP contribution is 2.11. The van der Waals surface area contributed by atoms with E-state index in [4.69, 9.17) is 4.42 Å². The van der Waals surface area contributed by atoms with Crippen LogP contribution in [0.25, 0.3) is 6.08 Å². The zero-order valence-electron chi connectivity index (χ0n) is 16.5. The molecule has 2 aromatic rings. The van der Waals surface area contributed by atoms with E-state index in [1.807, 2.05) is 31.2 Å². The van der Waals surface area contributed by atoms with Crippen LogP contribution in [0.5, 0.6) is 0 Å². The van der Waals surface area contributed by atoms with Gasteiger partial charge in [-0.05, 0) is 37.3 Å². The van der Waals surface area contributed by atoms with E-state index in [0.717, 1.165) is 5.56 Å². The molecule has 0 saturated carbocycles. The molecule has 3 amide bonds. The van der Waals surface area contributed by atoms with Crippen molar-refractivity contribution in [3.05, 3.63) is 65.6 Å². The molecule has 0 radical (unpaired) electrons. The Kier molecular flexibility index (Phi) is 6.84. The van der Waals surface area contributed by atoms with E-state index < -0.39 is 0 Å². The molecule has 29 heavy (non-hydrogen) atoms. The van der Waals surface area contributed by atoms with Crippen LogP contribution in [-0.4, -0.2) is 60.2 Å². The molecule has 0 spiro atoms. The van der Waals surface area contributed by atoms with Gasteiger partial charge in [-0.25, -0.2) is 0 Å². The molecule has 7 heteroatoms. The molecule has 152 valence electrons. The number of carbonyl (C=O) groups excluding carboxylic acids is 3. The van der Waals surface area contributed by atoms with Crippen LogP contribution in [0, 0.1) is 6.92 Å². The SMILES string of the molecule is Cc1ccc(C(=O)N2CCN(C(=O)CCNC(=O)/C=C/c3ccco3)CC2)cc1. The standard InChI is InChI=1S/C22H25N3O4/c1-17-4-6-18(7-5-17)22(28)25-14-12-24(13-15-25)21(27)10-11-23-20(26)9-8-19-3-2-16-29-19/h2-9,16H,10-15H2,1H3,(H,23,26)/b9-8+. The summed E-state index contributed by atoms with van der Waals surface area (Å²) in [5.74, 6) is 0.285. The van der Waals surface area contributed by atoms with Crippen molar-refractivity contribution < 1.29 is 18.8 Å². The number of nitrogens with one attached hydrogen (secondary N) is 1. The van der Waals surface area contributed by atoms with Crippen molar-refractivity contribution >= 4 is 23.8 Å². The highest BCUT2D eigenvalue weighted by Gasteiger charge is 2.24. The van der Waals surface area contributed by atoms with Gasteiger partial charge in [0.2, 0.25) is 11.8 Å². The lowest BCUT2D eigenvalue weighted by Crippen LogP contribution is -2.51. The number of benzene rings is 1. The molecular weight excluding hydrogens is 370 g/mol. The van der Waals surface area contributed by atoms with Gasteiger partial charge in [0.05, 0.1) is 6.26 Å². The zero-order chi connectivity index (χ0) is 20.6. The van der Waals surface area contributed by atoms with Crippen LogP contribution in [-0.2, 0) is 9.59 Å². The van der Waals surface area contributed by atoms with E-state index in [1.165, 1.54) is 12.3 Å². The minimum absolute atomic E-state index is 0.00675. The fraction of sp³-hybridized carbons (Fsp3) is 0.318. The van der Waals surface area contributed by atoms with Crippen molar-refractivity contribution in [2.45, 2.75) is 13.3 Å². The molecule has 0 bridgehead atoms. The molecule has 0 aliphatic carbocycles. The summed E-state index contributed by atoms with van der Waals surface area (Å²) in [5, 5.41) is 2.69. The number of rotatable bonds is 6. The highest BCUT2D eigenvalue weighted by atomic mass is 16.3. The summed E-state index contributed by atoms with van der Waals surface area (Å²) >= 11 is 0. The number of piperazine rings is 1. The number of furan rings is 1. The third kappa shape index (κ3) is 5.81. The molecule has 1 aliphatic heterocycles. The van der Waals surface area contributed by atoms with Gasteiger partial charge in [0.1, 0.15) is 5.76 Å². The summed E-state index contributed by atoms with van der Waals surface area (Å²) in [6.07, 6.45) is 4.71. The molecule has 1 saturated heterocycles. The molecule has 0 unspecified atom stereocenters. The maximum absolute atomic E-state index is 12.5. The van der Waals surface area contributed by atoms with Gasteiger partial charge in [-0.15, -0.1) is 0 Å². The van der Waals surface area contributed by atoms with Gasteiger partial charge < -0.3 is 19.5 Å². The van der Waals surface area contributed by atoms with Gasteiger partial charge in [-0.1, -0.05) is 17.7 Å². The lowest BCUT2D eigenvalue weighted by Gasteiger charge is -2.35. The van der Waals surface area contributed by atoms with E-state index in [9.17, 15) is 14.4 Å². The van der Waals surface area contributed by atoms with Crippen LogP contribution in [0.4, 0.5) is 0 Å². The second kappa shape index (κ2) is 9.73. The fourth-order valence-corrected chi connectivity index (χ4v) is 3.09. The van der Waals surface area contributed by atoms with E-state index in [0.29, 0.717) is 37.5 Å². The van der Waals surface area contributed by atoms with E-state index >= 15 is 0 Å². The third-order valence-electron chi connectivity index (χ3n) is 4.80. The quantitative estimate of drug-likeness (QED) is 0.760. The molecule has 3 rings (SSSR count). The fourth-order valence-electron chi connectivity index (χ4n) is 3.09. The first-order valence-corrected chi connectivity index (χ1v) is 9.66. The van der Waals surface area contributed by atoms with Gasteiger partial charge in [-0.3, -0.25) is 14.4 Å². The Morgan fingerprint density at radius 1 is 1.03 bits per heavy atom. The zero-order valence-corrected chi connectivity index (χ0v) is 16.5. The van der Waals surface area contributed by atoms with Crippen molar-refractivity contribution in [2.24, 2.45) is 0 Å². The average molecular weight is 395 g/mol. The van der Waals surface area contributed by atoms with E-state index in [-0.39, 0.29) is 30.7 Å². The lowest BCUT2D eigenvalue weighted by atomic mass is 10.1. The molecule has 1 aromatic heterocycles. The number of aryl methyl sites for hydroxylation is 1. The number of nitrogens with zero attached hydrogens (tertiary/aromatic N) is 2. The lowest BCUT2D eigenvalue weighted by molar-refractivity contribution is -0.132. The highest BCUT2D eigenvalue weighted by molar-refractivity contribution is 5.94. The number of amides is 3. The second-order valence-corrected chi connectivity index (χ2v) is 6.93. The Morgan fingerprint density at radius 2 is 1.72 bits per heavy atom. The average Bonchev–Trinajstić information content (AvgIpc) is 3.26. The summed E-state index contributed by atoms with van der Waals surface area (Å²) in [5.41, 5.74) is 1.78. The van der Waals surface area contributed by atoms with Crippen LogP contribution >= 0.6 is 0 Å². The van der Waals surface area contributed by atoms with Crippen molar-refractivity contribution in [1.29, 1.82) is 0 Å². The molecule has 0 atom stereocenters. The Labute approximate surface area is 170 Å². The minimum Gasteiger partial charge on any atom is -0.465 e.